The van der Waals surface area contributed by atoms with E-state index in [-0.39, 0.29) is 23.0 Å². The van der Waals surface area contributed by atoms with Crippen LogP contribution in [-0.2, 0) is 22.1 Å². The Morgan fingerprint density at radius 1 is 1.00 bits per heavy atom. The molecule has 0 atom stereocenters. The van der Waals surface area contributed by atoms with E-state index < -0.39 is 15.7 Å². The van der Waals surface area contributed by atoms with Gasteiger partial charge in [0.2, 0.25) is 0 Å². The van der Waals surface area contributed by atoms with Gasteiger partial charge in [-0.25, -0.2) is 8.42 Å². The van der Waals surface area contributed by atoms with Crippen molar-refractivity contribution in [3.8, 4) is 5.75 Å². The Bertz CT molecular complexity index is 1030. The van der Waals surface area contributed by atoms with Crippen LogP contribution in [0.5, 0.6) is 5.75 Å². The van der Waals surface area contributed by atoms with Crippen molar-refractivity contribution in [3.63, 3.8) is 0 Å². The molecule has 0 aliphatic rings. The molecule has 2 aromatic carbocycles. The number of nitrogens with one attached hydrogen (secondary N) is 1. The number of methoxy groups -OCH3 is 1. The topological polar surface area (TPSA) is 85.6 Å². The zero-order chi connectivity index (χ0) is 19.3. The van der Waals surface area contributed by atoms with Crippen LogP contribution in [0.2, 0.25) is 0 Å². The Morgan fingerprint density at radius 2 is 1.70 bits per heavy atom. The summed E-state index contributed by atoms with van der Waals surface area (Å²) in [6.07, 6.45) is 1.31. The molecule has 0 saturated heterocycles. The highest BCUT2D eigenvalue weighted by Crippen LogP contribution is 2.21. The molecule has 0 aliphatic carbocycles. The van der Waals surface area contributed by atoms with Crippen molar-refractivity contribution in [2.45, 2.75) is 17.2 Å². The minimum absolute atomic E-state index is 0.00981. The van der Waals surface area contributed by atoms with Gasteiger partial charge < -0.3 is 14.5 Å². The van der Waals surface area contributed by atoms with E-state index in [1.165, 1.54) is 24.5 Å². The van der Waals surface area contributed by atoms with E-state index in [2.05, 4.69) is 5.32 Å². The molecule has 1 N–H and O–H groups in total. The summed E-state index contributed by atoms with van der Waals surface area (Å²) in [5.74, 6) is -0.150. The molecular formula is C20H19NO5S. The molecule has 0 unspecified atom stereocenters. The van der Waals surface area contributed by atoms with Gasteiger partial charge in [0, 0.05) is 17.7 Å². The van der Waals surface area contributed by atoms with Crippen molar-refractivity contribution in [2.24, 2.45) is 0 Å². The number of furan rings is 1. The molecule has 0 bridgehead atoms. The molecule has 140 valence electrons. The van der Waals surface area contributed by atoms with Gasteiger partial charge in [-0.15, -0.1) is 0 Å². The lowest BCUT2D eigenvalue weighted by Gasteiger charge is -2.09. The molecule has 0 spiro atoms. The number of para-hydroxylation sites is 1. The zero-order valence-corrected chi connectivity index (χ0v) is 15.5. The molecule has 27 heavy (non-hydrogen) atoms. The van der Waals surface area contributed by atoms with Gasteiger partial charge >= 0.3 is 0 Å². The summed E-state index contributed by atoms with van der Waals surface area (Å²) < 4.78 is 35.6. The smallest absolute Gasteiger partial charge is 0.287 e. The summed E-state index contributed by atoms with van der Waals surface area (Å²) >= 11 is 0. The zero-order valence-electron chi connectivity index (χ0n) is 14.7. The van der Waals surface area contributed by atoms with Gasteiger partial charge in [-0.2, -0.15) is 0 Å². The van der Waals surface area contributed by atoms with Gasteiger partial charge in [0.1, 0.15) is 5.75 Å². The van der Waals surface area contributed by atoms with Crippen molar-refractivity contribution < 1.29 is 22.4 Å². The number of hydrogen-bond acceptors (Lipinski definition) is 5. The molecule has 1 aromatic heterocycles. The first-order valence-electron chi connectivity index (χ1n) is 8.25. The van der Waals surface area contributed by atoms with E-state index in [0.717, 1.165) is 5.56 Å². The van der Waals surface area contributed by atoms with Gasteiger partial charge in [-0.05, 0) is 24.3 Å². The highest BCUT2D eigenvalue weighted by molar-refractivity contribution is 7.90. The molecule has 0 aliphatic heterocycles. The van der Waals surface area contributed by atoms with Gasteiger partial charge in [-0.1, -0.05) is 36.4 Å². The molecule has 3 rings (SSSR count). The number of benzene rings is 2. The van der Waals surface area contributed by atoms with E-state index in [4.69, 9.17) is 9.15 Å². The molecular weight excluding hydrogens is 366 g/mol. The van der Waals surface area contributed by atoms with E-state index >= 15 is 0 Å². The summed E-state index contributed by atoms with van der Waals surface area (Å²) in [6.45, 7) is 0.231. The lowest BCUT2D eigenvalue weighted by atomic mass is 10.2. The molecule has 0 radical (unpaired) electrons. The van der Waals surface area contributed by atoms with Gasteiger partial charge in [0.15, 0.2) is 15.6 Å². The first-order valence-corrected chi connectivity index (χ1v) is 9.91. The second kappa shape index (κ2) is 8.09. The monoisotopic (exact) mass is 385 g/mol. The number of hydrogen-bond donors (Lipinski definition) is 1. The number of rotatable bonds is 7. The minimum Gasteiger partial charge on any atom is -0.496 e. The van der Waals surface area contributed by atoms with Crippen LogP contribution < -0.4 is 10.1 Å². The van der Waals surface area contributed by atoms with Crippen molar-refractivity contribution in [2.75, 3.05) is 7.11 Å². The Morgan fingerprint density at radius 3 is 2.44 bits per heavy atom. The maximum Gasteiger partial charge on any atom is 0.287 e. The fraction of sp³-hybridized carbons (Fsp3) is 0.150. The highest BCUT2D eigenvalue weighted by Gasteiger charge is 2.22. The van der Waals surface area contributed by atoms with Crippen LogP contribution in [0.1, 0.15) is 21.7 Å². The van der Waals surface area contributed by atoms with E-state index in [1.54, 1.807) is 31.4 Å². The van der Waals surface area contributed by atoms with E-state index in [0.29, 0.717) is 11.3 Å². The molecule has 7 heteroatoms. The third kappa shape index (κ3) is 4.38. The second-order valence-electron chi connectivity index (χ2n) is 5.84. The largest absolute Gasteiger partial charge is 0.496 e. The third-order valence-corrected chi connectivity index (χ3v) is 5.71. The number of amides is 1. The van der Waals surface area contributed by atoms with Crippen molar-refractivity contribution in [3.05, 3.63) is 83.8 Å². The summed E-state index contributed by atoms with van der Waals surface area (Å²) in [6, 6.07) is 16.9. The normalized spacial score (nSPS) is 11.1. The Hall–Kier alpha value is -3.06. The van der Waals surface area contributed by atoms with Crippen LogP contribution in [0.15, 0.2) is 76.2 Å². The van der Waals surface area contributed by atoms with E-state index in [1.807, 2.05) is 18.2 Å². The van der Waals surface area contributed by atoms with Gasteiger partial charge in [0.05, 0.1) is 24.0 Å². The molecule has 3 aromatic rings. The van der Waals surface area contributed by atoms with Crippen molar-refractivity contribution in [1.82, 2.24) is 5.32 Å². The maximum absolute atomic E-state index is 12.5. The van der Waals surface area contributed by atoms with Gasteiger partial charge in [-0.3, -0.25) is 4.79 Å². The predicted molar refractivity (Wildman–Crippen MR) is 100 cm³/mol. The Labute approximate surface area is 157 Å². The number of carbonyl (C=O) groups is 1. The van der Waals surface area contributed by atoms with Crippen LogP contribution in [0.4, 0.5) is 0 Å². The fourth-order valence-corrected chi connectivity index (χ4v) is 4.04. The first kappa shape index (κ1) is 18.7. The van der Waals surface area contributed by atoms with Crippen LogP contribution >= 0.6 is 0 Å². The van der Waals surface area contributed by atoms with Crippen LogP contribution in [-0.4, -0.2) is 21.4 Å². The molecule has 1 amide bonds. The lowest BCUT2D eigenvalue weighted by Crippen LogP contribution is -2.24. The van der Waals surface area contributed by atoms with Crippen LogP contribution in [0, 0.1) is 0 Å². The fourth-order valence-electron chi connectivity index (χ4n) is 2.67. The second-order valence-corrected chi connectivity index (χ2v) is 7.83. The summed E-state index contributed by atoms with van der Waals surface area (Å²) in [5, 5.41) is 2.73. The molecule has 1 heterocycles. The number of sulfone groups is 1. The summed E-state index contributed by atoms with van der Waals surface area (Å²) in [7, 11) is -2.02. The molecule has 0 saturated carbocycles. The van der Waals surface area contributed by atoms with Crippen molar-refractivity contribution in [1.29, 1.82) is 0 Å². The SMILES string of the molecule is COc1ccccc1CNC(=O)c1occc1CS(=O)(=O)c1ccccc1. The van der Waals surface area contributed by atoms with Crippen LogP contribution in [0.25, 0.3) is 0 Å². The first-order chi connectivity index (χ1) is 13.0. The summed E-state index contributed by atoms with van der Waals surface area (Å²) in [5.41, 5.74) is 1.12. The Kier molecular flexibility index (Phi) is 5.61. The highest BCUT2D eigenvalue weighted by atomic mass is 32.2. The quantitative estimate of drug-likeness (QED) is 0.675. The average Bonchev–Trinajstić information content (AvgIpc) is 3.14. The van der Waals surface area contributed by atoms with Gasteiger partial charge in [0.25, 0.3) is 5.91 Å². The standard InChI is InChI=1S/C20H19NO5S/c1-25-18-10-6-5-7-15(18)13-21-20(22)19-16(11-12-26-19)14-27(23,24)17-8-3-2-4-9-17/h2-12H,13-14H2,1H3,(H,21,22). The third-order valence-electron chi connectivity index (χ3n) is 4.03. The van der Waals surface area contributed by atoms with Crippen molar-refractivity contribution >= 4 is 15.7 Å². The molecule has 0 fully saturated rings. The lowest BCUT2D eigenvalue weighted by molar-refractivity contribution is 0.0922. The van der Waals surface area contributed by atoms with Crippen LogP contribution in [0.3, 0.4) is 0 Å². The molecule has 6 nitrogen and oxygen atoms in total. The number of ether oxygens (including phenoxy) is 1. The summed E-state index contributed by atoms with van der Waals surface area (Å²) in [4.78, 5) is 12.7. The Balaban J connectivity index is 1.74. The minimum atomic E-state index is -3.58. The number of carbonyl (C=O) groups excluding carboxylic acids is 1. The predicted octanol–water partition coefficient (Wildman–Crippen LogP) is 3.19. The average molecular weight is 385 g/mol. The maximum atomic E-state index is 12.5. The van der Waals surface area contributed by atoms with E-state index in [9.17, 15) is 13.2 Å².